The number of nitrogens with zero attached hydrogens (tertiary/aromatic N) is 4. The highest BCUT2D eigenvalue weighted by molar-refractivity contribution is 7.93. The van der Waals surface area contributed by atoms with Crippen LogP contribution in [-0.2, 0) is 16.4 Å². The lowest BCUT2D eigenvalue weighted by atomic mass is 10.1. The molecule has 0 aliphatic heterocycles. The van der Waals surface area contributed by atoms with Gasteiger partial charge in [-0.2, -0.15) is 4.98 Å². The molecular formula is C24H30FN5O6S. The first-order valence-corrected chi connectivity index (χ1v) is 13.2. The molecule has 0 radical (unpaired) electrons. The first-order chi connectivity index (χ1) is 17.5. The van der Waals surface area contributed by atoms with Crippen LogP contribution in [0.5, 0.6) is 17.4 Å². The van der Waals surface area contributed by atoms with Crippen LogP contribution in [0.2, 0.25) is 0 Å². The van der Waals surface area contributed by atoms with Gasteiger partial charge in [-0.1, -0.05) is 26.3 Å². The lowest BCUT2D eigenvalue weighted by molar-refractivity contribution is 0.388. The number of aromatic hydroxyl groups is 1. The number of nitrogens with one attached hydrogen (secondary N) is 1. The van der Waals surface area contributed by atoms with Gasteiger partial charge in [0.05, 0.1) is 31.9 Å². The molecule has 0 saturated heterocycles. The van der Waals surface area contributed by atoms with Crippen LogP contribution in [0.4, 0.5) is 10.1 Å². The minimum Gasteiger partial charge on any atom is -0.494 e. The van der Waals surface area contributed by atoms with Gasteiger partial charge < -0.3 is 14.6 Å². The predicted molar refractivity (Wildman–Crippen MR) is 136 cm³/mol. The number of aromatic nitrogens is 4. The lowest BCUT2D eigenvalue weighted by Crippen LogP contribution is -2.34. The molecule has 3 rings (SSSR count). The number of unbranched alkanes of at least 4 members (excludes halogenated alkanes) is 1. The number of para-hydroxylation sites is 1. The number of benzene rings is 1. The summed E-state index contributed by atoms with van der Waals surface area (Å²) in [6.45, 7) is 4.91. The summed E-state index contributed by atoms with van der Waals surface area (Å²) in [4.78, 5) is 25.6. The topological polar surface area (TPSA) is 146 Å². The fourth-order valence-corrected chi connectivity index (χ4v) is 5.01. The van der Waals surface area contributed by atoms with Gasteiger partial charge in [-0.25, -0.2) is 22.8 Å². The summed E-state index contributed by atoms with van der Waals surface area (Å²) in [5.41, 5.74) is -1.27. The molecule has 0 fully saturated rings. The van der Waals surface area contributed by atoms with Crippen molar-refractivity contribution in [3.63, 3.8) is 0 Å². The van der Waals surface area contributed by atoms with E-state index in [4.69, 9.17) is 9.47 Å². The predicted octanol–water partition coefficient (Wildman–Crippen LogP) is 3.16. The van der Waals surface area contributed by atoms with Crippen molar-refractivity contribution in [3.8, 4) is 23.1 Å². The molecule has 2 heterocycles. The third-order valence-corrected chi connectivity index (χ3v) is 7.87. The standard InChI is InChI=1S/C24H30FN5O6S/c1-6-7-11-19-28-23(31)20(24(32)30(19)21-17(35-4)9-8-10-18(21)36-5)29-37(33,34)15(3)14(2)22-26-12-16(25)13-27-22/h8-10,12-15,29,31H,6-7,11H2,1-5H3/t14-,15-/m0/s1. The van der Waals surface area contributed by atoms with Crippen LogP contribution >= 0.6 is 0 Å². The van der Waals surface area contributed by atoms with E-state index in [0.717, 1.165) is 18.8 Å². The van der Waals surface area contributed by atoms with Gasteiger partial charge >= 0.3 is 0 Å². The van der Waals surface area contributed by atoms with E-state index < -0.39 is 44.1 Å². The van der Waals surface area contributed by atoms with Crippen LogP contribution in [0.25, 0.3) is 5.69 Å². The Labute approximate surface area is 214 Å². The zero-order valence-electron chi connectivity index (χ0n) is 21.2. The van der Waals surface area contributed by atoms with E-state index in [0.29, 0.717) is 12.8 Å². The van der Waals surface area contributed by atoms with Gasteiger partial charge in [0.1, 0.15) is 28.8 Å². The summed E-state index contributed by atoms with van der Waals surface area (Å²) >= 11 is 0. The van der Waals surface area contributed by atoms with Crippen LogP contribution in [0, 0.1) is 5.82 Å². The van der Waals surface area contributed by atoms with Crippen molar-refractivity contribution in [3.05, 3.63) is 58.4 Å². The molecule has 13 heteroatoms. The third-order valence-electron chi connectivity index (χ3n) is 6.00. The molecular weight excluding hydrogens is 505 g/mol. The minimum absolute atomic E-state index is 0.104. The van der Waals surface area contributed by atoms with E-state index in [-0.39, 0.29) is 28.8 Å². The number of aryl methyl sites for hydroxylation is 1. The van der Waals surface area contributed by atoms with Crippen molar-refractivity contribution in [2.45, 2.75) is 51.2 Å². The van der Waals surface area contributed by atoms with Crippen molar-refractivity contribution >= 4 is 15.7 Å². The fraction of sp³-hybridized carbons (Fsp3) is 0.417. The van der Waals surface area contributed by atoms with E-state index in [1.807, 2.05) is 6.92 Å². The number of anilines is 1. The quantitative estimate of drug-likeness (QED) is 0.378. The SMILES string of the molecule is CCCCc1nc(O)c(NS(=O)(=O)[C@@H](C)[C@H](C)c2ncc(F)cn2)c(=O)n1-c1c(OC)cccc1OC. The van der Waals surface area contributed by atoms with Gasteiger partial charge in [-0.3, -0.25) is 14.1 Å². The van der Waals surface area contributed by atoms with E-state index in [2.05, 4.69) is 19.7 Å². The Morgan fingerprint density at radius 3 is 2.27 bits per heavy atom. The van der Waals surface area contributed by atoms with Gasteiger partial charge in [-0.15, -0.1) is 0 Å². The highest BCUT2D eigenvalue weighted by Gasteiger charge is 2.32. The summed E-state index contributed by atoms with van der Waals surface area (Å²) in [5.74, 6) is -1.30. The zero-order chi connectivity index (χ0) is 27.3. The molecule has 11 nitrogen and oxygen atoms in total. The first-order valence-electron chi connectivity index (χ1n) is 11.6. The summed E-state index contributed by atoms with van der Waals surface area (Å²) in [6.07, 6.45) is 3.64. The van der Waals surface area contributed by atoms with Crippen LogP contribution in [0.15, 0.2) is 35.4 Å². The minimum atomic E-state index is -4.28. The average Bonchev–Trinajstić information content (AvgIpc) is 2.89. The Hall–Kier alpha value is -3.74. The smallest absolute Gasteiger partial charge is 0.286 e. The van der Waals surface area contributed by atoms with Crippen molar-refractivity contribution in [2.24, 2.45) is 0 Å². The van der Waals surface area contributed by atoms with E-state index >= 15 is 0 Å². The molecule has 200 valence electrons. The largest absolute Gasteiger partial charge is 0.494 e. The molecule has 0 saturated carbocycles. The van der Waals surface area contributed by atoms with Crippen molar-refractivity contribution in [1.29, 1.82) is 0 Å². The molecule has 2 N–H and O–H groups in total. The normalized spacial score (nSPS) is 13.1. The maximum Gasteiger partial charge on any atom is 0.286 e. The average molecular weight is 536 g/mol. The van der Waals surface area contributed by atoms with Crippen molar-refractivity contribution in [2.75, 3.05) is 18.9 Å². The molecule has 0 aliphatic rings. The second-order valence-electron chi connectivity index (χ2n) is 8.38. The maximum atomic E-state index is 13.7. The summed E-state index contributed by atoms with van der Waals surface area (Å²) in [6, 6.07) is 4.92. The molecule has 0 unspecified atom stereocenters. The van der Waals surface area contributed by atoms with Crippen LogP contribution in [0.3, 0.4) is 0 Å². The molecule has 0 spiro atoms. The van der Waals surface area contributed by atoms with Gasteiger partial charge in [-0.05, 0) is 25.5 Å². The summed E-state index contributed by atoms with van der Waals surface area (Å²) in [5, 5.41) is 9.49. The summed E-state index contributed by atoms with van der Waals surface area (Å²) < 4.78 is 54.0. The Morgan fingerprint density at radius 2 is 1.73 bits per heavy atom. The van der Waals surface area contributed by atoms with Crippen LogP contribution in [0.1, 0.15) is 51.2 Å². The molecule has 0 amide bonds. The molecule has 0 aliphatic carbocycles. The lowest BCUT2D eigenvalue weighted by Gasteiger charge is -2.22. The molecule has 3 aromatic rings. The highest BCUT2D eigenvalue weighted by atomic mass is 32.2. The second-order valence-corrected chi connectivity index (χ2v) is 10.4. The number of ether oxygens (including phenoxy) is 2. The van der Waals surface area contributed by atoms with E-state index in [1.54, 1.807) is 25.1 Å². The fourth-order valence-electron chi connectivity index (χ4n) is 3.70. The number of hydrogen-bond acceptors (Lipinski definition) is 9. The van der Waals surface area contributed by atoms with Crippen molar-refractivity contribution < 1.29 is 27.4 Å². The molecule has 37 heavy (non-hydrogen) atoms. The molecule has 1 aromatic carbocycles. The number of methoxy groups -OCH3 is 2. The van der Waals surface area contributed by atoms with Gasteiger partial charge in [0.15, 0.2) is 11.5 Å². The van der Waals surface area contributed by atoms with Gasteiger partial charge in [0, 0.05) is 12.3 Å². The third kappa shape index (κ3) is 5.82. The number of hydrogen-bond donors (Lipinski definition) is 2. The zero-order valence-corrected chi connectivity index (χ0v) is 22.0. The monoisotopic (exact) mass is 535 g/mol. The second kappa shape index (κ2) is 11.5. The Kier molecular flexibility index (Phi) is 8.69. The number of rotatable bonds is 11. The Morgan fingerprint density at radius 1 is 1.14 bits per heavy atom. The summed E-state index contributed by atoms with van der Waals surface area (Å²) in [7, 11) is -1.43. The molecule has 2 aromatic heterocycles. The van der Waals surface area contributed by atoms with Gasteiger partial charge in [0.25, 0.3) is 5.56 Å². The van der Waals surface area contributed by atoms with Crippen molar-refractivity contribution in [1.82, 2.24) is 19.5 Å². The molecule has 2 atom stereocenters. The van der Waals surface area contributed by atoms with Crippen LogP contribution < -0.4 is 19.8 Å². The Bertz CT molecular complexity index is 1390. The number of halogens is 1. The van der Waals surface area contributed by atoms with E-state index in [9.17, 15) is 22.7 Å². The van der Waals surface area contributed by atoms with Gasteiger partial charge in [0.2, 0.25) is 15.9 Å². The van der Waals surface area contributed by atoms with E-state index in [1.165, 1.54) is 25.7 Å². The maximum absolute atomic E-state index is 13.7. The Balaban J connectivity index is 2.14. The number of sulfonamides is 1. The van der Waals surface area contributed by atoms with Crippen LogP contribution in [-0.4, -0.2) is 52.5 Å². The first kappa shape index (κ1) is 27.8. The molecule has 0 bridgehead atoms. The highest BCUT2D eigenvalue weighted by Crippen LogP contribution is 2.34.